The summed E-state index contributed by atoms with van der Waals surface area (Å²) in [7, 11) is 3.39. The van der Waals surface area contributed by atoms with Gasteiger partial charge < -0.3 is 29.7 Å². The largest absolute Gasteiger partial charge is 0.496 e. The van der Waals surface area contributed by atoms with Crippen LogP contribution < -0.4 is 25.0 Å². The van der Waals surface area contributed by atoms with Crippen LogP contribution >= 0.6 is 0 Å². The lowest BCUT2D eigenvalue weighted by Crippen LogP contribution is -2.44. The maximum atomic E-state index is 5.80. The van der Waals surface area contributed by atoms with Gasteiger partial charge in [-0.2, -0.15) is 0 Å². The van der Waals surface area contributed by atoms with Gasteiger partial charge in [-0.25, -0.2) is 0 Å². The van der Waals surface area contributed by atoms with E-state index >= 15 is 0 Å². The molecule has 0 saturated carbocycles. The molecule has 1 heterocycles. The number of anilines is 1. The van der Waals surface area contributed by atoms with E-state index in [-0.39, 0.29) is 0 Å². The highest BCUT2D eigenvalue weighted by molar-refractivity contribution is 5.80. The van der Waals surface area contributed by atoms with Crippen LogP contribution in [0.25, 0.3) is 0 Å². The third kappa shape index (κ3) is 6.52. The molecular formula is C24H34N4O3. The molecule has 0 amide bonds. The Hall–Kier alpha value is -2.93. The topological polar surface area (TPSA) is 67.4 Å². The first kappa shape index (κ1) is 22.7. The molecule has 0 radical (unpaired) electrons. The monoisotopic (exact) mass is 426 g/mol. The number of aliphatic imine (C=N–C) groups is 1. The van der Waals surface area contributed by atoms with Gasteiger partial charge in [-0.15, -0.1) is 0 Å². The lowest BCUT2D eigenvalue weighted by Gasteiger charge is -2.22. The third-order valence-corrected chi connectivity index (χ3v) is 5.25. The Labute approximate surface area is 185 Å². The predicted molar refractivity (Wildman–Crippen MR) is 125 cm³/mol. The Morgan fingerprint density at radius 1 is 1.06 bits per heavy atom. The first-order valence-corrected chi connectivity index (χ1v) is 10.9. The lowest BCUT2D eigenvalue weighted by atomic mass is 10.2. The summed E-state index contributed by atoms with van der Waals surface area (Å²) in [5, 5.41) is 6.90. The molecule has 0 aromatic heterocycles. The molecule has 1 unspecified atom stereocenters. The zero-order valence-electron chi connectivity index (χ0n) is 18.8. The minimum Gasteiger partial charge on any atom is -0.496 e. The molecule has 31 heavy (non-hydrogen) atoms. The normalized spacial score (nSPS) is 16.3. The summed E-state index contributed by atoms with van der Waals surface area (Å²) in [6, 6.07) is 16.4. The molecular weight excluding hydrogens is 392 g/mol. The molecule has 2 aromatic carbocycles. The van der Waals surface area contributed by atoms with Crippen LogP contribution in [0.3, 0.4) is 0 Å². The number of hydrogen-bond donors (Lipinski definition) is 2. The van der Waals surface area contributed by atoms with Crippen LogP contribution in [0.4, 0.5) is 5.69 Å². The summed E-state index contributed by atoms with van der Waals surface area (Å²) >= 11 is 0. The van der Waals surface area contributed by atoms with Gasteiger partial charge in [0, 0.05) is 31.2 Å². The zero-order chi connectivity index (χ0) is 21.9. The van der Waals surface area contributed by atoms with E-state index in [0.717, 1.165) is 54.8 Å². The summed E-state index contributed by atoms with van der Waals surface area (Å²) in [4.78, 5) is 7.03. The van der Waals surface area contributed by atoms with Crippen LogP contribution in [-0.4, -0.2) is 59.0 Å². The summed E-state index contributed by atoms with van der Waals surface area (Å²) in [5.41, 5.74) is 2.18. The first-order chi connectivity index (χ1) is 15.2. The summed E-state index contributed by atoms with van der Waals surface area (Å²) in [5.74, 6) is 2.59. The van der Waals surface area contributed by atoms with E-state index in [1.165, 1.54) is 0 Å². The van der Waals surface area contributed by atoms with Crippen molar-refractivity contribution in [2.75, 3.05) is 51.9 Å². The van der Waals surface area contributed by atoms with Crippen LogP contribution in [0.15, 0.2) is 53.5 Å². The minimum atomic E-state index is 0.331. The van der Waals surface area contributed by atoms with Crippen molar-refractivity contribution in [3.05, 3.63) is 54.1 Å². The fourth-order valence-corrected chi connectivity index (χ4v) is 3.73. The fourth-order valence-electron chi connectivity index (χ4n) is 3.73. The second-order valence-corrected chi connectivity index (χ2v) is 7.37. The molecule has 7 heteroatoms. The maximum Gasteiger partial charge on any atom is 0.191 e. The van der Waals surface area contributed by atoms with Crippen molar-refractivity contribution in [3.8, 4) is 11.5 Å². The lowest BCUT2D eigenvalue weighted by molar-refractivity contribution is 0.126. The van der Waals surface area contributed by atoms with Gasteiger partial charge in [0.25, 0.3) is 0 Å². The van der Waals surface area contributed by atoms with E-state index in [1.54, 1.807) is 14.2 Å². The van der Waals surface area contributed by atoms with E-state index < -0.39 is 0 Å². The highest BCUT2D eigenvalue weighted by atomic mass is 16.5. The van der Waals surface area contributed by atoms with Crippen molar-refractivity contribution in [1.29, 1.82) is 0 Å². The molecule has 1 aliphatic heterocycles. The average molecular weight is 427 g/mol. The van der Waals surface area contributed by atoms with Gasteiger partial charge in [0.1, 0.15) is 11.5 Å². The SMILES string of the molecule is CCNC(=NCCOCc1ccccc1OC)NC1CCN(c2ccccc2OC)C1. The molecule has 0 spiro atoms. The number of methoxy groups -OCH3 is 2. The highest BCUT2D eigenvalue weighted by Gasteiger charge is 2.25. The minimum absolute atomic E-state index is 0.331. The Balaban J connectivity index is 1.47. The van der Waals surface area contributed by atoms with Crippen LogP contribution in [0, 0.1) is 0 Å². The van der Waals surface area contributed by atoms with Gasteiger partial charge in [0.15, 0.2) is 5.96 Å². The molecule has 2 aromatic rings. The molecule has 0 aliphatic carbocycles. The Kier molecular flexibility index (Phi) is 8.84. The summed E-state index contributed by atoms with van der Waals surface area (Å²) < 4.78 is 16.7. The van der Waals surface area contributed by atoms with E-state index in [0.29, 0.717) is 25.8 Å². The maximum absolute atomic E-state index is 5.80. The van der Waals surface area contributed by atoms with Crippen LogP contribution in [0.5, 0.6) is 11.5 Å². The first-order valence-electron chi connectivity index (χ1n) is 10.9. The van der Waals surface area contributed by atoms with Gasteiger partial charge >= 0.3 is 0 Å². The number of nitrogens with zero attached hydrogens (tertiary/aromatic N) is 2. The van der Waals surface area contributed by atoms with E-state index in [1.807, 2.05) is 36.4 Å². The number of benzene rings is 2. The predicted octanol–water partition coefficient (Wildman–Crippen LogP) is 3.05. The Morgan fingerprint density at radius 2 is 1.81 bits per heavy atom. The van der Waals surface area contributed by atoms with Gasteiger partial charge in [-0.1, -0.05) is 30.3 Å². The van der Waals surface area contributed by atoms with Crippen LogP contribution in [-0.2, 0) is 11.3 Å². The Morgan fingerprint density at radius 3 is 2.58 bits per heavy atom. The smallest absolute Gasteiger partial charge is 0.191 e. The van der Waals surface area contributed by atoms with Crippen molar-refractivity contribution < 1.29 is 14.2 Å². The molecule has 3 rings (SSSR count). The van der Waals surface area contributed by atoms with Crippen LogP contribution in [0.1, 0.15) is 18.9 Å². The molecule has 2 N–H and O–H groups in total. The van der Waals surface area contributed by atoms with Gasteiger partial charge in [0.2, 0.25) is 0 Å². The number of hydrogen-bond acceptors (Lipinski definition) is 5. The molecule has 1 atom stereocenters. The highest BCUT2D eigenvalue weighted by Crippen LogP contribution is 2.30. The third-order valence-electron chi connectivity index (χ3n) is 5.25. The molecule has 168 valence electrons. The average Bonchev–Trinajstić information content (AvgIpc) is 3.27. The van der Waals surface area contributed by atoms with Crippen molar-refractivity contribution in [1.82, 2.24) is 10.6 Å². The van der Waals surface area contributed by atoms with Crippen molar-refractivity contribution in [3.63, 3.8) is 0 Å². The standard InChI is InChI=1S/C24H34N4O3/c1-4-25-24(26-14-16-31-18-19-9-5-7-11-22(19)29-2)27-20-13-15-28(17-20)21-10-6-8-12-23(21)30-3/h5-12,20H,4,13-18H2,1-3H3,(H2,25,26,27). The number of nitrogens with one attached hydrogen (secondary N) is 2. The summed E-state index contributed by atoms with van der Waals surface area (Å²) in [6.45, 7) is 6.44. The fraction of sp³-hybridized carbons (Fsp3) is 0.458. The zero-order valence-corrected chi connectivity index (χ0v) is 18.8. The molecule has 1 saturated heterocycles. The Bertz CT molecular complexity index is 843. The van der Waals surface area contributed by atoms with Crippen molar-refractivity contribution in [2.45, 2.75) is 26.0 Å². The van der Waals surface area contributed by atoms with E-state index in [9.17, 15) is 0 Å². The molecule has 7 nitrogen and oxygen atoms in total. The second-order valence-electron chi connectivity index (χ2n) is 7.37. The van der Waals surface area contributed by atoms with E-state index in [2.05, 4.69) is 39.6 Å². The number of guanidine groups is 1. The van der Waals surface area contributed by atoms with Gasteiger partial charge in [0.05, 0.1) is 39.7 Å². The second kappa shape index (κ2) is 12.1. The number of rotatable bonds is 10. The summed E-state index contributed by atoms with van der Waals surface area (Å²) in [6.07, 6.45) is 1.05. The number of ether oxygens (including phenoxy) is 3. The van der Waals surface area contributed by atoms with Gasteiger partial charge in [-0.05, 0) is 31.5 Å². The van der Waals surface area contributed by atoms with Gasteiger partial charge in [-0.3, -0.25) is 4.99 Å². The molecule has 0 bridgehead atoms. The molecule has 1 aliphatic rings. The number of para-hydroxylation sites is 3. The van der Waals surface area contributed by atoms with Crippen LogP contribution in [0.2, 0.25) is 0 Å². The quantitative estimate of drug-likeness (QED) is 0.346. The van der Waals surface area contributed by atoms with E-state index in [4.69, 9.17) is 14.2 Å². The van der Waals surface area contributed by atoms with Crippen molar-refractivity contribution >= 4 is 11.6 Å². The molecule has 1 fully saturated rings. The van der Waals surface area contributed by atoms with Crippen molar-refractivity contribution in [2.24, 2.45) is 4.99 Å².